The lowest BCUT2D eigenvalue weighted by molar-refractivity contribution is 0.593. The van der Waals surface area contributed by atoms with Crippen LogP contribution in [0, 0.1) is 6.92 Å². The number of benzene rings is 3. The van der Waals surface area contributed by atoms with Gasteiger partial charge in [0.2, 0.25) is 0 Å². The maximum atomic E-state index is 2.38. The Kier molecular flexibility index (Phi) is 2.60. The molecule has 3 aromatic rings. The van der Waals surface area contributed by atoms with Crippen LogP contribution < -0.4 is 0 Å². The molecule has 4 rings (SSSR count). The molecule has 1 aliphatic carbocycles. The molecule has 0 heterocycles. The predicted molar refractivity (Wildman–Crippen MR) is 87.5 cm³/mol. The highest BCUT2D eigenvalue weighted by molar-refractivity contribution is 6.09. The third-order valence-electron chi connectivity index (χ3n) is 4.91. The molecular formula is C20H20. The molecule has 0 fully saturated rings. The molecule has 100 valence electrons. The monoisotopic (exact) mass is 260 g/mol. The van der Waals surface area contributed by atoms with Crippen molar-refractivity contribution < 1.29 is 0 Å². The van der Waals surface area contributed by atoms with E-state index in [0.717, 1.165) is 5.92 Å². The number of fused-ring (bicyclic) bond motifs is 5. The Morgan fingerprint density at radius 3 is 2.60 bits per heavy atom. The summed E-state index contributed by atoms with van der Waals surface area (Å²) in [6.45, 7) is 4.53. The quantitative estimate of drug-likeness (QED) is 0.452. The SMILES string of the molecule is Cc1ccc2c(ccc3c4c(ccc32)C(C)CCC4)c1. The van der Waals surface area contributed by atoms with E-state index in [2.05, 4.69) is 56.3 Å². The van der Waals surface area contributed by atoms with Gasteiger partial charge in [0, 0.05) is 0 Å². The highest BCUT2D eigenvalue weighted by Gasteiger charge is 2.18. The summed E-state index contributed by atoms with van der Waals surface area (Å²) in [4.78, 5) is 0. The van der Waals surface area contributed by atoms with Gasteiger partial charge in [0.15, 0.2) is 0 Å². The van der Waals surface area contributed by atoms with Crippen LogP contribution >= 0.6 is 0 Å². The first kappa shape index (κ1) is 12.0. The molecule has 3 aromatic carbocycles. The smallest absolute Gasteiger partial charge is 0.0102 e. The van der Waals surface area contributed by atoms with Crippen molar-refractivity contribution in [2.45, 2.75) is 39.0 Å². The van der Waals surface area contributed by atoms with Gasteiger partial charge in [0.1, 0.15) is 0 Å². The van der Waals surface area contributed by atoms with Gasteiger partial charge in [-0.1, -0.05) is 55.0 Å². The van der Waals surface area contributed by atoms with Crippen molar-refractivity contribution in [2.24, 2.45) is 0 Å². The summed E-state index contributed by atoms with van der Waals surface area (Å²) < 4.78 is 0. The van der Waals surface area contributed by atoms with E-state index in [-0.39, 0.29) is 0 Å². The van der Waals surface area contributed by atoms with E-state index in [4.69, 9.17) is 0 Å². The van der Waals surface area contributed by atoms with Gasteiger partial charge in [-0.25, -0.2) is 0 Å². The third kappa shape index (κ3) is 1.67. The van der Waals surface area contributed by atoms with E-state index >= 15 is 0 Å². The van der Waals surface area contributed by atoms with Crippen molar-refractivity contribution in [3.8, 4) is 0 Å². The zero-order valence-electron chi connectivity index (χ0n) is 12.2. The van der Waals surface area contributed by atoms with Gasteiger partial charge in [-0.3, -0.25) is 0 Å². The fourth-order valence-electron chi connectivity index (χ4n) is 3.83. The first-order valence-corrected chi connectivity index (χ1v) is 7.69. The predicted octanol–water partition coefficient (Wildman–Crippen LogP) is 5.74. The highest BCUT2D eigenvalue weighted by atomic mass is 14.2. The van der Waals surface area contributed by atoms with Gasteiger partial charge in [0.05, 0.1) is 0 Å². The molecule has 0 amide bonds. The molecule has 0 saturated carbocycles. The van der Waals surface area contributed by atoms with Crippen molar-refractivity contribution in [1.29, 1.82) is 0 Å². The van der Waals surface area contributed by atoms with Gasteiger partial charge in [-0.05, 0) is 64.8 Å². The lowest BCUT2D eigenvalue weighted by Crippen LogP contribution is -2.07. The first-order valence-electron chi connectivity index (χ1n) is 7.69. The number of hydrogen-bond donors (Lipinski definition) is 0. The number of hydrogen-bond acceptors (Lipinski definition) is 0. The van der Waals surface area contributed by atoms with Crippen LogP contribution in [0.1, 0.15) is 42.4 Å². The van der Waals surface area contributed by atoms with Crippen LogP contribution in [0.2, 0.25) is 0 Å². The van der Waals surface area contributed by atoms with Gasteiger partial charge < -0.3 is 0 Å². The Morgan fingerprint density at radius 1 is 0.900 bits per heavy atom. The van der Waals surface area contributed by atoms with Crippen molar-refractivity contribution in [3.63, 3.8) is 0 Å². The van der Waals surface area contributed by atoms with Gasteiger partial charge >= 0.3 is 0 Å². The van der Waals surface area contributed by atoms with Gasteiger partial charge in [-0.15, -0.1) is 0 Å². The summed E-state index contributed by atoms with van der Waals surface area (Å²) >= 11 is 0. The largest absolute Gasteiger partial charge is 0.0587 e. The van der Waals surface area contributed by atoms with E-state index in [9.17, 15) is 0 Å². The average molecular weight is 260 g/mol. The summed E-state index contributed by atoms with van der Waals surface area (Å²) in [5, 5.41) is 5.66. The van der Waals surface area contributed by atoms with Gasteiger partial charge in [0.25, 0.3) is 0 Å². The molecule has 1 atom stereocenters. The molecule has 0 aliphatic heterocycles. The summed E-state index contributed by atoms with van der Waals surface area (Å²) in [6, 6.07) is 16.2. The molecule has 1 aliphatic rings. The molecule has 0 saturated heterocycles. The molecule has 0 aromatic heterocycles. The topological polar surface area (TPSA) is 0 Å². The lowest BCUT2D eigenvalue weighted by Gasteiger charge is -2.24. The Labute approximate surface area is 120 Å². The molecule has 0 bridgehead atoms. The van der Waals surface area contributed by atoms with Crippen molar-refractivity contribution in [2.75, 3.05) is 0 Å². The Morgan fingerprint density at radius 2 is 1.70 bits per heavy atom. The molecular weight excluding hydrogens is 240 g/mol. The Bertz CT molecular complexity index is 811. The molecule has 0 spiro atoms. The summed E-state index contributed by atoms with van der Waals surface area (Å²) in [7, 11) is 0. The molecule has 0 heteroatoms. The Hall–Kier alpha value is -1.82. The van der Waals surface area contributed by atoms with Crippen molar-refractivity contribution in [3.05, 3.63) is 59.2 Å². The molecule has 1 unspecified atom stereocenters. The minimum atomic E-state index is 0.719. The fraction of sp³-hybridized carbons (Fsp3) is 0.300. The van der Waals surface area contributed by atoms with Gasteiger partial charge in [-0.2, -0.15) is 0 Å². The minimum absolute atomic E-state index is 0.719. The minimum Gasteiger partial charge on any atom is -0.0587 e. The van der Waals surface area contributed by atoms with E-state index < -0.39 is 0 Å². The molecule has 20 heavy (non-hydrogen) atoms. The highest BCUT2D eigenvalue weighted by Crippen LogP contribution is 2.37. The Balaban J connectivity index is 2.10. The lowest BCUT2D eigenvalue weighted by atomic mass is 9.81. The second kappa shape index (κ2) is 4.34. The van der Waals surface area contributed by atoms with Crippen LogP contribution in [0.25, 0.3) is 21.5 Å². The first-order chi connectivity index (χ1) is 9.74. The van der Waals surface area contributed by atoms with E-state index in [0.29, 0.717) is 0 Å². The summed E-state index contributed by atoms with van der Waals surface area (Å²) in [6.07, 6.45) is 3.92. The average Bonchev–Trinajstić information content (AvgIpc) is 2.46. The molecule has 0 nitrogen and oxygen atoms in total. The van der Waals surface area contributed by atoms with Crippen LogP contribution in [-0.2, 0) is 6.42 Å². The normalized spacial score (nSPS) is 18.4. The summed E-state index contributed by atoms with van der Waals surface area (Å²) in [5.74, 6) is 0.719. The van der Waals surface area contributed by atoms with Crippen molar-refractivity contribution >= 4 is 21.5 Å². The molecule has 0 N–H and O–H groups in total. The second-order valence-corrected chi connectivity index (χ2v) is 6.31. The standard InChI is InChI=1S/C20H20/c1-13-6-8-17-15(12-13)7-9-20-18-5-3-4-14(2)16(18)10-11-19(17)20/h6-12,14H,3-5H2,1-2H3. The summed E-state index contributed by atoms with van der Waals surface area (Å²) in [5.41, 5.74) is 4.52. The third-order valence-corrected chi connectivity index (χ3v) is 4.91. The van der Waals surface area contributed by atoms with E-state index in [1.54, 1.807) is 11.1 Å². The molecule has 0 radical (unpaired) electrons. The van der Waals surface area contributed by atoms with E-state index in [1.807, 2.05) is 0 Å². The zero-order valence-corrected chi connectivity index (χ0v) is 12.2. The number of aryl methyl sites for hydroxylation is 2. The van der Waals surface area contributed by atoms with E-state index in [1.165, 1.54) is 46.4 Å². The maximum Gasteiger partial charge on any atom is -0.0102 e. The second-order valence-electron chi connectivity index (χ2n) is 6.31. The van der Waals surface area contributed by atoms with Crippen LogP contribution in [0.3, 0.4) is 0 Å². The van der Waals surface area contributed by atoms with Crippen LogP contribution in [-0.4, -0.2) is 0 Å². The van der Waals surface area contributed by atoms with Crippen LogP contribution in [0.4, 0.5) is 0 Å². The zero-order chi connectivity index (χ0) is 13.7. The van der Waals surface area contributed by atoms with Crippen LogP contribution in [0.5, 0.6) is 0 Å². The number of rotatable bonds is 0. The fourth-order valence-corrected chi connectivity index (χ4v) is 3.83. The van der Waals surface area contributed by atoms with Crippen LogP contribution in [0.15, 0.2) is 42.5 Å². The van der Waals surface area contributed by atoms with Crippen molar-refractivity contribution in [1.82, 2.24) is 0 Å². The maximum absolute atomic E-state index is 2.38.